The van der Waals surface area contributed by atoms with Gasteiger partial charge in [0.1, 0.15) is 18.3 Å². The number of fused-ring (bicyclic) bond motifs is 1. The molecule has 2 N–H and O–H groups in total. The van der Waals surface area contributed by atoms with E-state index in [-0.39, 0.29) is 18.4 Å². The molecule has 0 radical (unpaired) electrons. The molecule has 21 heavy (non-hydrogen) atoms. The van der Waals surface area contributed by atoms with Gasteiger partial charge in [-0.3, -0.25) is 4.79 Å². The van der Waals surface area contributed by atoms with E-state index in [1.165, 1.54) is 12.8 Å². The molecule has 0 aromatic heterocycles. The Morgan fingerprint density at radius 3 is 2.81 bits per heavy atom. The zero-order valence-corrected chi connectivity index (χ0v) is 12.3. The zero-order chi connectivity index (χ0) is 14.7. The molecule has 1 fully saturated rings. The van der Waals surface area contributed by atoms with E-state index in [9.17, 15) is 9.90 Å². The Kier molecular flexibility index (Phi) is 4.44. The van der Waals surface area contributed by atoms with Crippen LogP contribution in [0.4, 0.5) is 0 Å². The quantitative estimate of drug-likeness (QED) is 0.892. The SMILES string of the molecule is O=C(NCC1CCCCC1CO)C1COc2ccccc21. The van der Waals surface area contributed by atoms with Gasteiger partial charge in [0.2, 0.25) is 5.91 Å². The lowest BCUT2D eigenvalue weighted by Gasteiger charge is -2.30. The zero-order valence-electron chi connectivity index (χ0n) is 12.3. The Morgan fingerprint density at radius 1 is 1.24 bits per heavy atom. The second kappa shape index (κ2) is 6.48. The third kappa shape index (κ3) is 3.05. The number of carbonyl (C=O) groups excluding carboxylic acids is 1. The Labute approximate surface area is 125 Å². The molecular weight excluding hydrogens is 266 g/mol. The van der Waals surface area contributed by atoms with Crippen molar-refractivity contribution in [2.24, 2.45) is 11.8 Å². The first kappa shape index (κ1) is 14.4. The number of aliphatic hydroxyl groups excluding tert-OH is 1. The summed E-state index contributed by atoms with van der Waals surface area (Å²) >= 11 is 0. The lowest BCUT2D eigenvalue weighted by molar-refractivity contribution is -0.123. The fourth-order valence-electron chi connectivity index (χ4n) is 3.53. The van der Waals surface area contributed by atoms with Crippen molar-refractivity contribution < 1.29 is 14.6 Å². The minimum Gasteiger partial charge on any atom is -0.492 e. The highest BCUT2D eigenvalue weighted by molar-refractivity contribution is 5.85. The third-order valence-corrected chi connectivity index (χ3v) is 4.86. The smallest absolute Gasteiger partial charge is 0.231 e. The molecule has 4 heteroatoms. The van der Waals surface area contributed by atoms with Gasteiger partial charge < -0.3 is 15.2 Å². The predicted octanol–water partition coefficient (Wildman–Crippen LogP) is 2.08. The maximum absolute atomic E-state index is 12.4. The lowest BCUT2D eigenvalue weighted by atomic mass is 9.79. The molecule has 3 unspecified atom stereocenters. The van der Waals surface area contributed by atoms with E-state index in [0.29, 0.717) is 25.0 Å². The van der Waals surface area contributed by atoms with Crippen LogP contribution in [0.15, 0.2) is 24.3 Å². The molecule has 3 rings (SSSR count). The van der Waals surface area contributed by atoms with Crippen LogP contribution in [0.25, 0.3) is 0 Å². The maximum Gasteiger partial charge on any atom is 0.231 e. The van der Waals surface area contributed by atoms with Gasteiger partial charge in [-0.15, -0.1) is 0 Å². The minimum absolute atomic E-state index is 0.0437. The number of amides is 1. The number of benzene rings is 1. The summed E-state index contributed by atoms with van der Waals surface area (Å²) in [6.45, 7) is 1.33. The van der Waals surface area contributed by atoms with E-state index >= 15 is 0 Å². The summed E-state index contributed by atoms with van der Waals surface area (Å²) in [5, 5.41) is 12.5. The molecule has 1 amide bonds. The van der Waals surface area contributed by atoms with Crippen LogP contribution in [0.2, 0.25) is 0 Å². The molecule has 0 saturated heterocycles. The van der Waals surface area contributed by atoms with Crippen molar-refractivity contribution in [3.63, 3.8) is 0 Å². The summed E-state index contributed by atoms with van der Waals surface area (Å²) in [7, 11) is 0. The van der Waals surface area contributed by atoms with E-state index < -0.39 is 0 Å². The number of nitrogens with one attached hydrogen (secondary N) is 1. The number of ether oxygens (including phenoxy) is 1. The van der Waals surface area contributed by atoms with Gasteiger partial charge in [-0.25, -0.2) is 0 Å². The number of rotatable bonds is 4. The van der Waals surface area contributed by atoms with Crippen LogP contribution in [-0.4, -0.2) is 30.8 Å². The minimum atomic E-state index is -0.197. The van der Waals surface area contributed by atoms with Crippen molar-refractivity contribution in [1.82, 2.24) is 5.32 Å². The van der Waals surface area contributed by atoms with Crippen LogP contribution in [0, 0.1) is 11.8 Å². The molecule has 1 aromatic rings. The summed E-state index contributed by atoms with van der Waals surface area (Å²) in [4.78, 5) is 12.4. The van der Waals surface area contributed by atoms with Crippen LogP contribution < -0.4 is 10.1 Å². The Hall–Kier alpha value is -1.55. The Balaban J connectivity index is 1.57. The van der Waals surface area contributed by atoms with E-state index in [4.69, 9.17) is 4.74 Å². The van der Waals surface area contributed by atoms with E-state index in [1.54, 1.807) is 0 Å². The second-order valence-corrected chi connectivity index (χ2v) is 6.13. The molecule has 1 aromatic carbocycles. The predicted molar refractivity (Wildman–Crippen MR) is 80.2 cm³/mol. The molecule has 0 bridgehead atoms. The summed E-state index contributed by atoms with van der Waals surface area (Å²) in [6.07, 6.45) is 4.57. The monoisotopic (exact) mass is 289 g/mol. The van der Waals surface area contributed by atoms with Crippen LogP contribution in [0.3, 0.4) is 0 Å². The molecule has 1 heterocycles. The number of aliphatic hydroxyl groups is 1. The van der Waals surface area contributed by atoms with E-state index in [0.717, 1.165) is 24.2 Å². The van der Waals surface area contributed by atoms with E-state index in [2.05, 4.69) is 5.32 Å². The number of para-hydroxylation sites is 1. The summed E-state index contributed by atoms with van der Waals surface area (Å²) < 4.78 is 5.57. The van der Waals surface area contributed by atoms with Crippen LogP contribution in [0.5, 0.6) is 5.75 Å². The van der Waals surface area contributed by atoms with Crippen LogP contribution >= 0.6 is 0 Å². The van der Waals surface area contributed by atoms with Gasteiger partial charge in [-0.2, -0.15) is 0 Å². The second-order valence-electron chi connectivity index (χ2n) is 6.13. The molecule has 1 aliphatic carbocycles. The van der Waals surface area contributed by atoms with Crippen molar-refractivity contribution in [1.29, 1.82) is 0 Å². The number of carbonyl (C=O) groups is 1. The first-order chi connectivity index (χ1) is 10.3. The topological polar surface area (TPSA) is 58.6 Å². The van der Waals surface area contributed by atoms with Gasteiger partial charge in [0.15, 0.2) is 0 Å². The maximum atomic E-state index is 12.4. The van der Waals surface area contributed by atoms with Gasteiger partial charge >= 0.3 is 0 Å². The van der Waals surface area contributed by atoms with Gasteiger partial charge in [0.25, 0.3) is 0 Å². The lowest BCUT2D eigenvalue weighted by Crippen LogP contribution is -2.38. The molecule has 114 valence electrons. The average molecular weight is 289 g/mol. The highest BCUT2D eigenvalue weighted by Gasteiger charge is 2.31. The molecule has 3 atom stereocenters. The van der Waals surface area contributed by atoms with Gasteiger partial charge in [-0.1, -0.05) is 31.0 Å². The number of hydrogen-bond acceptors (Lipinski definition) is 3. The molecule has 2 aliphatic rings. The standard InChI is InChI=1S/C17H23NO3/c19-10-13-6-2-1-5-12(13)9-18-17(20)15-11-21-16-8-4-3-7-14(15)16/h3-4,7-8,12-13,15,19H,1-2,5-6,9-11H2,(H,18,20). The van der Waals surface area contributed by atoms with Crippen LogP contribution in [0.1, 0.15) is 37.2 Å². The third-order valence-electron chi connectivity index (χ3n) is 4.86. The van der Waals surface area contributed by atoms with Gasteiger partial charge in [0.05, 0.1) is 0 Å². The molecule has 1 aliphatic heterocycles. The molecule has 1 saturated carbocycles. The fraction of sp³-hybridized carbons (Fsp3) is 0.588. The Morgan fingerprint density at radius 2 is 2.00 bits per heavy atom. The summed E-state index contributed by atoms with van der Waals surface area (Å²) in [5.74, 6) is 1.42. The van der Waals surface area contributed by atoms with Crippen molar-refractivity contribution in [3.05, 3.63) is 29.8 Å². The Bertz CT molecular complexity index is 503. The molecule has 0 spiro atoms. The summed E-state index contributed by atoms with van der Waals surface area (Å²) in [5.41, 5.74) is 0.984. The first-order valence-corrected chi connectivity index (χ1v) is 7.90. The highest BCUT2D eigenvalue weighted by Crippen LogP contribution is 2.34. The molecule has 4 nitrogen and oxygen atoms in total. The normalized spacial score (nSPS) is 27.8. The van der Waals surface area contributed by atoms with Crippen molar-refractivity contribution in [2.45, 2.75) is 31.6 Å². The highest BCUT2D eigenvalue weighted by atomic mass is 16.5. The van der Waals surface area contributed by atoms with Crippen molar-refractivity contribution >= 4 is 5.91 Å². The first-order valence-electron chi connectivity index (χ1n) is 7.90. The average Bonchev–Trinajstić information content (AvgIpc) is 2.97. The van der Waals surface area contributed by atoms with E-state index in [1.807, 2.05) is 24.3 Å². The fourth-order valence-corrected chi connectivity index (χ4v) is 3.53. The number of hydrogen-bond donors (Lipinski definition) is 2. The van der Waals surface area contributed by atoms with Crippen molar-refractivity contribution in [3.8, 4) is 5.75 Å². The largest absolute Gasteiger partial charge is 0.492 e. The van der Waals surface area contributed by atoms with Gasteiger partial charge in [-0.05, 0) is 30.7 Å². The van der Waals surface area contributed by atoms with Crippen molar-refractivity contribution in [2.75, 3.05) is 19.8 Å². The van der Waals surface area contributed by atoms with Gasteiger partial charge in [0, 0.05) is 18.7 Å². The molecular formula is C17H23NO3. The van der Waals surface area contributed by atoms with Crippen LogP contribution in [-0.2, 0) is 4.79 Å². The summed E-state index contributed by atoms with van der Waals surface area (Å²) in [6, 6.07) is 7.74.